The van der Waals surface area contributed by atoms with Crippen LogP contribution in [0.3, 0.4) is 0 Å². The number of benzene rings is 1. The Bertz CT molecular complexity index is 480. The quantitative estimate of drug-likeness (QED) is 0.865. The Hall–Kier alpha value is -1.75. The van der Waals surface area contributed by atoms with Crippen molar-refractivity contribution in [3.8, 4) is 11.5 Å². The van der Waals surface area contributed by atoms with Gasteiger partial charge in [0.05, 0.1) is 6.04 Å². The van der Waals surface area contributed by atoms with E-state index in [9.17, 15) is 4.79 Å². The zero-order valence-electron chi connectivity index (χ0n) is 11.5. The number of hydrogen-bond acceptors (Lipinski definition) is 4. The minimum absolute atomic E-state index is 0.163. The second kappa shape index (κ2) is 5.09. The van der Waals surface area contributed by atoms with Gasteiger partial charge in [0.15, 0.2) is 11.5 Å². The summed E-state index contributed by atoms with van der Waals surface area (Å²) in [4.78, 5) is 12.0. The number of hydrogen-bond donors (Lipinski definition) is 2. The minimum atomic E-state index is -0.540. The van der Waals surface area contributed by atoms with E-state index in [0.29, 0.717) is 18.0 Å². The average molecular weight is 264 g/mol. The predicted molar refractivity (Wildman–Crippen MR) is 71.8 cm³/mol. The van der Waals surface area contributed by atoms with Crippen molar-refractivity contribution < 1.29 is 14.3 Å². The van der Waals surface area contributed by atoms with E-state index >= 15 is 0 Å². The van der Waals surface area contributed by atoms with Gasteiger partial charge in [-0.3, -0.25) is 4.79 Å². The summed E-state index contributed by atoms with van der Waals surface area (Å²) >= 11 is 0. The lowest BCUT2D eigenvalue weighted by atomic mass is 9.87. The molecule has 1 aromatic rings. The van der Waals surface area contributed by atoms with Gasteiger partial charge in [0.25, 0.3) is 0 Å². The lowest BCUT2D eigenvalue weighted by molar-refractivity contribution is -0.124. The summed E-state index contributed by atoms with van der Waals surface area (Å²) in [7, 11) is 0. The molecule has 5 nitrogen and oxygen atoms in total. The van der Waals surface area contributed by atoms with Crippen LogP contribution in [0.15, 0.2) is 18.2 Å². The Labute approximate surface area is 113 Å². The summed E-state index contributed by atoms with van der Waals surface area (Å²) in [6, 6.07) is 5.07. The largest absolute Gasteiger partial charge is 0.454 e. The van der Waals surface area contributed by atoms with Crippen LogP contribution in [-0.4, -0.2) is 18.7 Å². The Morgan fingerprint density at radius 2 is 2.16 bits per heavy atom. The van der Waals surface area contributed by atoms with E-state index in [1.807, 2.05) is 39.0 Å². The first-order chi connectivity index (χ1) is 8.89. The van der Waals surface area contributed by atoms with Crippen molar-refractivity contribution in [1.29, 1.82) is 0 Å². The van der Waals surface area contributed by atoms with Crippen molar-refractivity contribution in [3.63, 3.8) is 0 Å². The number of ether oxygens (including phenoxy) is 2. The summed E-state index contributed by atoms with van der Waals surface area (Å²) in [6.07, 6.45) is 0. The number of fused-ring (bicyclic) bond motifs is 1. The second-order valence-corrected chi connectivity index (χ2v) is 5.71. The van der Waals surface area contributed by atoms with E-state index in [1.165, 1.54) is 0 Å². The van der Waals surface area contributed by atoms with Crippen molar-refractivity contribution in [2.24, 2.45) is 11.1 Å². The number of carbonyl (C=O) groups is 1. The van der Waals surface area contributed by atoms with Crippen LogP contribution >= 0.6 is 0 Å². The van der Waals surface area contributed by atoms with Gasteiger partial charge in [0, 0.05) is 12.1 Å². The van der Waals surface area contributed by atoms with Gasteiger partial charge in [-0.2, -0.15) is 0 Å². The molecule has 0 aliphatic carbocycles. The number of para-hydroxylation sites is 1. The van der Waals surface area contributed by atoms with E-state index in [1.54, 1.807) is 0 Å². The molecule has 0 radical (unpaired) electrons. The van der Waals surface area contributed by atoms with Crippen molar-refractivity contribution in [3.05, 3.63) is 23.8 Å². The van der Waals surface area contributed by atoms with Crippen molar-refractivity contribution in [2.45, 2.75) is 33.4 Å². The molecule has 0 saturated heterocycles. The molecule has 1 amide bonds. The highest BCUT2D eigenvalue weighted by atomic mass is 16.7. The van der Waals surface area contributed by atoms with Crippen molar-refractivity contribution in [2.75, 3.05) is 6.79 Å². The molecule has 1 heterocycles. The van der Waals surface area contributed by atoms with Gasteiger partial charge in [-0.25, -0.2) is 0 Å². The summed E-state index contributed by atoms with van der Waals surface area (Å²) < 4.78 is 10.7. The standard InChI is InChI=1S/C14H20N2O3/c1-14(2,3)12(15)13(17)16-7-9-5-4-6-10-11(9)19-8-18-10/h4-6,12H,7-8,15H2,1-3H3,(H,16,17)/t12-/m1/s1. The fourth-order valence-electron chi connectivity index (χ4n) is 1.82. The number of nitrogens with one attached hydrogen (secondary N) is 1. The second-order valence-electron chi connectivity index (χ2n) is 5.71. The molecule has 0 unspecified atom stereocenters. The Morgan fingerprint density at radius 3 is 2.84 bits per heavy atom. The van der Waals surface area contributed by atoms with Gasteiger partial charge in [0.2, 0.25) is 12.7 Å². The highest BCUT2D eigenvalue weighted by Gasteiger charge is 2.27. The van der Waals surface area contributed by atoms with E-state index in [4.69, 9.17) is 15.2 Å². The zero-order valence-corrected chi connectivity index (χ0v) is 11.5. The lowest BCUT2D eigenvalue weighted by Gasteiger charge is -2.25. The summed E-state index contributed by atoms with van der Waals surface area (Å²) in [5, 5.41) is 2.84. The highest BCUT2D eigenvalue weighted by molar-refractivity contribution is 5.82. The molecule has 0 aromatic heterocycles. The third-order valence-electron chi connectivity index (χ3n) is 3.15. The lowest BCUT2D eigenvalue weighted by Crippen LogP contribution is -2.48. The molecule has 2 rings (SSSR count). The van der Waals surface area contributed by atoms with Gasteiger partial charge in [0.1, 0.15) is 0 Å². The molecule has 0 bridgehead atoms. The van der Waals surface area contributed by atoms with Crippen molar-refractivity contribution in [1.82, 2.24) is 5.32 Å². The van der Waals surface area contributed by atoms with E-state index in [-0.39, 0.29) is 18.1 Å². The molecule has 0 fully saturated rings. The molecule has 0 spiro atoms. The Morgan fingerprint density at radius 1 is 1.42 bits per heavy atom. The first-order valence-corrected chi connectivity index (χ1v) is 6.30. The van der Waals surface area contributed by atoms with Gasteiger partial charge in [-0.05, 0) is 11.5 Å². The van der Waals surface area contributed by atoms with Gasteiger partial charge in [-0.1, -0.05) is 32.9 Å². The minimum Gasteiger partial charge on any atom is -0.454 e. The fraction of sp³-hybridized carbons (Fsp3) is 0.500. The number of carbonyl (C=O) groups excluding carboxylic acids is 1. The van der Waals surface area contributed by atoms with Gasteiger partial charge in [-0.15, -0.1) is 0 Å². The molecule has 3 N–H and O–H groups in total. The molecule has 1 atom stereocenters. The molecule has 0 saturated carbocycles. The van der Waals surface area contributed by atoms with Crippen LogP contribution in [0.4, 0.5) is 0 Å². The molecule has 104 valence electrons. The fourth-order valence-corrected chi connectivity index (χ4v) is 1.82. The SMILES string of the molecule is CC(C)(C)[C@H](N)C(=O)NCc1cccc2c1OCO2. The number of amides is 1. The summed E-state index contributed by atoms with van der Waals surface area (Å²) in [6.45, 7) is 6.42. The smallest absolute Gasteiger partial charge is 0.237 e. The van der Waals surface area contributed by atoms with E-state index in [0.717, 1.165) is 5.56 Å². The molecular formula is C14H20N2O3. The topological polar surface area (TPSA) is 73.6 Å². The Kier molecular flexibility index (Phi) is 3.66. The zero-order chi connectivity index (χ0) is 14.0. The molecule has 19 heavy (non-hydrogen) atoms. The third kappa shape index (κ3) is 2.98. The maximum Gasteiger partial charge on any atom is 0.237 e. The van der Waals surface area contributed by atoms with Crippen LogP contribution in [0.5, 0.6) is 11.5 Å². The van der Waals surface area contributed by atoms with Crippen LogP contribution in [0.2, 0.25) is 0 Å². The van der Waals surface area contributed by atoms with E-state index in [2.05, 4.69) is 5.32 Å². The first-order valence-electron chi connectivity index (χ1n) is 6.30. The summed E-state index contributed by atoms with van der Waals surface area (Å²) in [5.74, 6) is 1.25. The molecular weight excluding hydrogens is 244 g/mol. The predicted octanol–water partition coefficient (Wildman–Crippen LogP) is 1.40. The maximum atomic E-state index is 12.0. The summed E-state index contributed by atoms with van der Waals surface area (Å²) in [5.41, 5.74) is 6.53. The number of nitrogens with two attached hydrogens (primary N) is 1. The van der Waals surface area contributed by atoms with Crippen LogP contribution in [0, 0.1) is 5.41 Å². The maximum absolute atomic E-state index is 12.0. The Balaban J connectivity index is 2.00. The van der Waals surface area contributed by atoms with Crippen LogP contribution in [0.25, 0.3) is 0 Å². The molecule has 1 aromatic carbocycles. The molecule has 1 aliphatic rings. The molecule has 5 heteroatoms. The van der Waals surface area contributed by atoms with Crippen molar-refractivity contribution >= 4 is 5.91 Å². The van der Waals surface area contributed by atoms with Gasteiger partial charge >= 0.3 is 0 Å². The van der Waals surface area contributed by atoms with Crippen LogP contribution in [-0.2, 0) is 11.3 Å². The first kappa shape index (κ1) is 13.7. The van der Waals surface area contributed by atoms with Crippen LogP contribution < -0.4 is 20.5 Å². The van der Waals surface area contributed by atoms with Crippen LogP contribution in [0.1, 0.15) is 26.3 Å². The highest BCUT2D eigenvalue weighted by Crippen LogP contribution is 2.35. The monoisotopic (exact) mass is 264 g/mol. The van der Waals surface area contributed by atoms with Gasteiger partial charge < -0.3 is 20.5 Å². The van der Waals surface area contributed by atoms with E-state index < -0.39 is 6.04 Å². The average Bonchev–Trinajstić information content (AvgIpc) is 2.82. The third-order valence-corrected chi connectivity index (χ3v) is 3.15. The normalized spacial score (nSPS) is 15.2. The molecule has 1 aliphatic heterocycles. The number of rotatable bonds is 3.